The Balaban J connectivity index is 1.80. The Labute approximate surface area is 138 Å². The minimum atomic E-state index is -0.498. The first kappa shape index (κ1) is 14.4. The number of benzene rings is 2. The van der Waals surface area contributed by atoms with Crippen LogP contribution in [0.5, 0.6) is 0 Å². The third kappa shape index (κ3) is 2.06. The number of nitrogens with zero attached hydrogens (tertiary/aromatic N) is 1. The van der Waals surface area contributed by atoms with Gasteiger partial charge in [-0.2, -0.15) is 0 Å². The molecular weight excluding hydrogens is 306 g/mol. The van der Waals surface area contributed by atoms with Crippen LogP contribution in [-0.2, 0) is 14.3 Å². The lowest BCUT2D eigenvalue weighted by molar-refractivity contribution is -0.120. The Kier molecular flexibility index (Phi) is 3.09. The molecule has 0 saturated carbocycles. The van der Waals surface area contributed by atoms with E-state index < -0.39 is 11.9 Å². The van der Waals surface area contributed by atoms with Crippen LogP contribution in [0.2, 0.25) is 0 Å². The van der Waals surface area contributed by atoms with Gasteiger partial charge in [-0.25, -0.2) is 9.69 Å². The highest BCUT2D eigenvalue weighted by molar-refractivity contribution is 6.30. The standard InChI is InChI=1S/C19H13NO4/c1-11-6-8-12(9-7-11)20-16(21)10-15(18(20)22)17-13-4-2-3-5-14(13)19(23)24-17/h2-9H,10H2,1H3/b17-15+. The summed E-state index contributed by atoms with van der Waals surface area (Å²) >= 11 is 0. The molecule has 2 aliphatic rings. The van der Waals surface area contributed by atoms with Gasteiger partial charge in [-0.1, -0.05) is 35.9 Å². The van der Waals surface area contributed by atoms with Gasteiger partial charge >= 0.3 is 5.97 Å². The molecule has 0 N–H and O–H groups in total. The SMILES string of the molecule is Cc1ccc(N2C(=O)C/C(=C3\OC(=O)c4ccccc43)C2=O)cc1. The molecule has 0 aliphatic carbocycles. The minimum absolute atomic E-state index is 0.0797. The maximum absolute atomic E-state index is 12.8. The first-order valence-electron chi connectivity index (χ1n) is 7.55. The molecule has 2 heterocycles. The van der Waals surface area contributed by atoms with Crippen molar-refractivity contribution in [1.82, 2.24) is 0 Å². The molecule has 2 aliphatic heterocycles. The van der Waals surface area contributed by atoms with E-state index in [1.807, 2.05) is 19.1 Å². The lowest BCUT2D eigenvalue weighted by atomic mass is 10.0. The molecule has 5 nitrogen and oxygen atoms in total. The summed E-state index contributed by atoms with van der Waals surface area (Å²) in [5.74, 6) is -1.07. The van der Waals surface area contributed by atoms with E-state index in [0.717, 1.165) is 10.5 Å². The molecule has 1 saturated heterocycles. The largest absolute Gasteiger partial charge is 0.422 e. The number of carbonyl (C=O) groups excluding carboxylic acids is 3. The fourth-order valence-corrected chi connectivity index (χ4v) is 2.97. The molecule has 2 amide bonds. The monoisotopic (exact) mass is 319 g/mol. The quantitative estimate of drug-likeness (QED) is 0.460. The number of carbonyl (C=O) groups is 3. The van der Waals surface area contributed by atoms with E-state index in [9.17, 15) is 14.4 Å². The van der Waals surface area contributed by atoms with Crippen LogP contribution in [0.4, 0.5) is 5.69 Å². The molecule has 118 valence electrons. The normalized spacial score (nSPS) is 19.7. The number of imide groups is 1. The number of cyclic esters (lactones) is 1. The second kappa shape index (κ2) is 5.16. The van der Waals surface area contributed by atoms with Crippen molar-refractivity contribution in [1.29, 1.82) is 0 Å². The van der Waals surface area contributed by atoms with E-state index in [2.05, 4.69) is 0 Å². The number of aryl methyl sites for hydroxylation is 1. The Hall–Kier alpha value is -3.21. The summed E-state index contributed by atoms with van der Waals surface area (Å²) in [7, 11) is 0. The summed E-state index contributed by atoms with van der Waals surface area (Å²) in [5, 5.41) is 0. The van der Waals surface area contributed by atoms with E-state index >= 15 is 0 Å². The average Bonchev–Trinajstić information content (AvgIpc) is 3.06. The molecule has 2 aromatic carbocycles. The number of rotatable bonds is 1. The molecule has 0 radical (unpaired) electrons. The second-order valence-corrected chi connectivity index (χ2v) is 5.79. The molecule has 0 spiro atoms. The third-order valence-corrected chi connectivity index (χ3v) is 4.19. The maximum Gasteiger partial charge on any atom is 0.344 e. The Bertz CT molecular complexity index is 925. The Morgan fingerprint density at radius 1 is 0.917 bits per heavy atom. The van der Waals surface area contributed by atoms with Crippen molar-refractivity contribution in [2.75, 3.05) is 4.90 Å². The summed E-state index contributed by atoms with van der Waals surface area (Å²) in [5.41, 5.74) is 2.75. The Morgan fingerprint density at radius 2 is 1.58 bits per heavy atom. The van der Waals surface area contributed by atoms with Crippen molar-refractivity contribution in [2.45, 2.75) is 13.3 Å². The van der Waals surface area contributed by atoms with Gasteiger partial charge in [-0.05, 0) is 25.1 Å². The zero-order valence-electron chi connectivity index (χ0n) is 12.9. The topological polar surface area (TPSA) is 63.7 Å². The number of ether oxygens (including phenoxy) is 1. The highest BCUT2D eigenvalue weighted by atomic mass is 16.5. The molecule has 1 fully saturated rings. The summed E-state index contributed by atoms with van der Waals surface area (Å²) in [6.07, 6.45) is -0.0797. The van der Waals surface area contributed by atoms with Crippen LogP contribution in [-0.4, -0.2) is 17.8 Å². The zero-order valence-corrected chi connectivity index (χ0v) is 12.9. The van der Waals surface area contributed by atoms with Crippen molar-refractivity contribution < 1.29 is 19.1 Å². The van der Waals surface area contributed by atoms with Gasteiger partial charge in [0.25, 0.3) is 5.91 Å². The number of fused-ring (bicyclic) bond motifs is 1. The number of hydrogen-bond donors (Lipinski definition) is 0. The first-order valence-corrected chi connectivity index (χ1v) is 7.55. The summed E-state index contributed by atoms with van der Waals surface area (Å²) in [4.78, 5) is 38.2. The average molecular weight is 319 g/mol. The van der Waals surface area contributed by atoms with Gasteiger partial charge in [-0.15, -0.1) is 0 Å². The van der Waals surface area contributed by atoms with Gasteiger partial charge in [0, 0.05) is 5.56 Å². The van der Waals surface area contributed by atoms with Crippen LogP contribution < -0.4 is 4.90 Å². The van der Waals surface area contributed by atoms with Crippen LogP contribution in [0.3, 0.4) is 0 Å². The molecule has 2 aromatic rings. The highest BCUT2D eigenvalue weighted by Crippen LogP contribution is 2.37. The Morgan fingerprint density at radius 3 is 2.29 bits per heavy atom. The van der Waals surface area contributed by atoms with Crippen molar-refractivity contribution in [3.05, 3.63) is 70.8 Å². The fourth-order valence-electron chi connectivity index (χ4n) is 2.97. The van der Waals surface area contributed by atoms with Crippen LogP contribution in [0.1, 0.15) is 27.9 Å². The lowest BCUT2D eigenvalue weighted by Gasteiger charge is -2.13. The molecule has 0 unspecified atom stereocenters. The number of esters is 1. The van der Waals surface area contributed by atoms with Gasteiger partial charge in [0.05, 0.1) is 23.2 Å². The third-order valence-electron chi connectivity index (χ3n) is 4.19. The van der Waals surface area contributed by atoms with E-state index in [1.54, 1.807) is 36.4 Å². The van der Waals surface area contributed by atoms with Crippen LogP contribution >= 0.6 is 0 Å². The summed E-state index contributed by atoms with van der Waals surface area (Å²) in [6, 6.07) is 14.0. The van der Waals surface area contributed by atoms with E-state index in [4.69, 9.17) is 4.74 Å². The highest BCUT2D eigenvalue weighted by Gasteiger charge is 2.41. The molecule has 24 heavy (non-hydrogen) atoms. The first-order chi connectivity index (χ1) is 11.6. The maximum atomic E-state index is 12.8. The molecule has 5 heteroatoms. The predicted molar refractivity (Wildman–Crippen MR) is 87.1 cm³/mol. The fraction of sp³-hybridized carbons (Fsp3) is 0.105. The molecule has 0 aromatic heterocycles. The second-order valence-electron chi connectivity index (χ2n) is 5.79. The van der Waals surface area contributed by atoms with Crippen molar-refractivity contribution >= 4 is 29.2 Å². The van der Waals surface area contributed by atoms with Crippen molar-refractivity contribution in [3.8, 4) is 0 Å². The van der Waals surface area contributed by atoms with E-state index in [0.29, 0.717) is 16.8 Å². The smallest absolute Gasteiger partial charge is 0.344 e. The van der Waals surface area contributed by atoms with Gasteiger partial charge in [0.1, 0.15) is 5.76 Å². The van der Waals surface area contributed by atoms with Crippen molar-refractivity contribution in [2.24, 2.45) is 0 Å². The molecule has 0 atom stereocenters. The van der Waals surface area contributed by atoms with Crippen LogP contribution in [0, 0.1) is 6.92 Å². The van der Waals surface area contributed by atoms with Gasteiger partial charge in [0.2, 0.25) is 5.91 Å². The van der Waals surface area contributed by atoms with Crippen LogP contribution in [0.15, 0.2) is 54.1 Å². The lowest BCUT2D eigenvalue weighted by Crippen LogP contribution is -2.29. The van der Waals surface area contributed by atoms with Gasteiger partial charge < -0.3 is 4.74 Å². The van der Waals surface area contributed by atoms with Gasteiger partial charge in [-0.3, -0.25) is 9.59 Å². The molecule has 4 rings (SSSR count). The van der Waals surface area contributed by atoms with E-state index in [1.165, 1.54) is 0 Å². The van der Waals surface area contributed by atoms with Crippen molar-refractivity contribution in [3.63, 3.8) is 0 Å². The van der Waals surface area contributed by atoms with E-state index in [-0.39, 0.29) is 23.7 Å². The summed E-state index contributed by atoms with van der Waals surface area (Å²) < 4.78 is 5.28. The zero-order chi connectivity index (χ0) is 16.8. The summed E-state index contributed by atoms with van der Waals surface area (Å²) in [6.45, 7) is 1.93. The minimum Gasteiger partial charge on any atom is -0.422 e. The number of hydrogen-bond acceptors (Lipinski definition) is 4. The van der Waals surface area contributed by atoms with Crippen LogP contribution in [0.25, 0.3) is 5.76 Å². The molecule has 0 bridgehead atoms. The molecular formula is C19H13NO4. The number of amides is 2. The van der Waals surface area contributed by atoms with Gasteiger partial charge in [0.15, 0.2) is 0 Å². The predicted octanol–water partition coefficient (Wildman–Crippen LogP) is 2.84. The number of anilines is 1.